The van der Waals surface area contributed by atoms with Gasteiger partial charge in [-0.15, -0.1) is 10.2 Å². The second kappa shape index (κ2) is 12.1. The molecular weight excluding hydrogens is 563 g/mol. The van der Waals surface area contributed by atoms with Crippen molar-refractivity contribution in [3.63, 3.8) is 0 Å². The van der Waals surface area contributed by atoms with Gasteiger partial charge in [0.05, 0.1) is 11.1 Å². The third-order valence-corrected chi connectivity index (χ3v) is 10.3. The molecule has 0 bridgehead atoms. The number of nitrogens with one attached hydrogen (secondary N) is 1. The van der Waals surface area contributed by atoms with E-state index in [0.717, 1.165) is 65.0 Å². The highest BCUT2D eigenvalue weighted by atomic mass is 19.1. The average molecular weight is 609 g/mol. The SMILES string of the molecule is CCN(C(=O)c1cc(F)ccc1Oc1nncnc1N1CC2(CCN(CC3CCC4(CC3)CN(C)C(=O)N4)CC2)C1)C(C)C. The number of ether oxygens (including phenoxy) is 1. The Morgan fingerprint density at radius 1 is 1.16 bits per heavy atom. The molecule has 0 unspecified atom stereocenters. The number of rotatable bonds is 8. The van der Waals surface area contributed by atoms with Crippen molar-refractivity contribution in [3.8, 4) is 11.6 Å². The summed E-state index contributed by atoms with van der Waals surface area (Å²) in [4.78, 5) is 38.1. The third kappa shape index (κ3) is 6.05. The number of urea groups is 1. The number of likely N-dealkylation sites (N-methyl/N-ethyl adjacent to an activating group) is 1. The number of likely N-dealkylation sites (tertiary alicyclic amines) is 1. The van der Waals surface area contributed by atoms with Gasteiger partial charge in [0.15, 0.2) is 5.82 Å². The highest BCUT2D eigenvalue weighted by Crippen LogP contribution is 2.45. The fraction of sp³-hybridized carbons (Fsp3) is 0.656. The number of hydrogen-bond acceptors (Lipinski definition) is 8. The Kier molecular flexibility index (Phi) is 8.38. The lowest BCUT2D eigenvalue weighted by Gasteiger charge is -2.54. The fourth-order valence-electron chi connectivity index (χ4n) is 7.69. The third-order valence-electron chi connectivity index (χ3n) is 10.3. The van der Waals surface area contributed by atoms with Crippen molar-refractivity contribution < 1.29 is 18.7 Å². The highest BCUT2D eigenvalue weighted by Gasteiger charge is 2.47. The number of hydrogen-bond donors (Lipinski definition) is 1. The minimum Gasteiger partial charge on any atom is -0.434 e. The van der Waals surface area contributed by atoms with Gasteiger partial charge in [0.1, 0.15) is 17.9 Å². The van der Waals surface area contributed by atoms with Crippen LogP contribution in [-0.4, -0.2) is 106 Å². The van der Waals surface area contributed by atoms with E-state index in [9.17, 15) is 14.0 Å². The molecule has 2 aromatic rings. The number of anilines is 1. The second-order valence-corrected chi connectivity index (χ2v) is 13.7. The van der Waals surface area contributed by atoms with Crippen LogP contribution in [0.5, 0.6) is 11.6 Å². The lowest BCUT2D eigenvalue weighted by Crippen LogP contribution is -2.61. The monoisotopic (exact) mass is 608 g/mol. The van der Waals surface area contributed by atoms with Crippen molar-refractivity contribution in [2.45, 2.75) is 70.9 Å². The molecule has 1 N–H and O–H groups in total. The van der Waals surface area contributed by atoms with Gasteiger partial charge in [-0.25, -0.2) is 14.2 Å². The predicted octanol–water partition coefficient (Wildman–Crippen LogP) is 4.16. The smallest absolute Gasteiger partial charge is 0.317 e. The van der Waals surface area contributed by atoms with Crippen LogP contribution in [0.25, 0.3) is 0 Å². The first-order valence-electron chi connectivity index (χ1n) is 16.1. The van der Waals surface area contributed by atoms with E-state index in [2.05, 4.69) is 30.3 Å². The molecule has 0 atom stereocenters. The molecule has 1 aromatic carbocycles. The Morgan fingerprint density at radius 3 is 2.52 bits per heavy atom. The second-order valence-electron chi connectivity index (χ2n) is 13.7. The van der Waals surface area contributed by atoms with Gasteiger partial charge in [-0.1, -0.05) is 0 Å². The Morgan fingerprint density at radius 2 is 1.89 bits per heavy atom. The number of carbonyl (C=O) groups is 2. The summed E-state index contributed by atoms with van der Waals surface area (Å²) in [7, 11) is 1.88. The van der Waals surface area contributed by atoms with Gasteiger partial charge in [-0.05, 0) is 96.5 Å². The van der Waals surface area contributed by atoms with Crippen LogP contribution >= 0.6 is 0 Å². The maximum atomic E-state index is 14.2. The van der Waals surface area contributed by atoms with E-state index in [1.165, 1.54) is 37.4 Å². The molecule has 1 aromatic heterocycles. The van der Waals surface area contributed by atoms with Crippen molar-refractivity contribution in [2.75, 3.05) is 57.8 Å². The number of benzene rings is 1. The molecule has 3 saturated heterocycles. The van der Waals surface area contributed by atoms with Crippen molar-refractivity contribution in [2.24, 2.45) is 11.3 Å². The lowest BCUT2D eigenvalue weighted by atomic mass is 9.71. The summed E-state index contributed by atoms with van der Waals surface area (Å²) in [5.74, 6) is 0.932. The molecule has 1 saturated carbocycles. The number of nitrogens with zero attached hydrogens (tertiary/aromatic N) is 7. The van der Waals surface area contributed by atoms with Crippen molar-refractivity contribution in [3.05, 3.63) is 35.9 Å². The number of carbonyl (C=O) groups excluding carboxylic acids is 2. The molecule has 1 aliphatic carbocycles. The maximum absolute atomic E-state index is 14.2. The molecule has 11 nitrogen and oxygen atoms in total. The quantitative estimate of drug-likeness (QED) is 0.476. The van der Waals surface area contributed by atoms with Crippen LogP contribution in [0.15, 0.2) is 24.5 Å². The zero-order valence-corrected chi connectivity index (χ0v) is 26.4. The van der Waals surface area contributed by atoms with Crippen LogP contribution in [0.3, 0.4) is 0 Å². The number of amides is 3. The summed E-state index contributed by atoms with van der Waals surface area (Å²) < 4.78 is 20.4. The Bertz CT molecular complexity index is 1370. The molecule has 4 fully saturated rings. The summed E-state index contributed by atoms with van der Waals surface area (Å²) in [5, 5.41) is 11.4. The first kappa shape index (κ1) is 30.5. The maximum Gasteiger partial charge on any atom is 0.317 e. The summed E-state index contributed by atoms with van der Waals surface area (Å²) in [5.41, 5.74) is 0.377. The van der Waals surface area contributed by atoms with Crippen molar-refractivity contribution in [1.29, 1.82) is 0 Å². The van der Waals surface area contributed by atoms with E-state index < -0.39 is 5.82 Å². The summed E-state index contributed by atoms with van der Waals surface area (Å²) in [6.45, 7) is 12.1. The number of halogens is 1. The largest absolute Gasteiger partial charge is 0.434 e. The van der Waals surface area contributed by atoms with E-state index in [-0.39, 0.29) is 46.1 Å². The van der Waals surface area contributed by atoms with Gasteiger partial charge < -0.3 is 29.7 Å². The fourth-order valence-corrected chi connectivity index (χ4v) is 7.69. The first-order valence-corrected chi connectivity index (χ1v) is 16.1. The topological polar surface area (TPSA) is 107 Å². The van der Waals surface area contributed by atoms with Gasteiger partial charge in [-0.3, -0.25) is 4.79 Å². The van der Waals surface area contributed by atoms with Crippen LogP contribution in [0.2, 0.25) is 0 Å². The van der Waals surface area contributed by atoms with E-state index in [1.807, 2.05) is 32.7 Å². The minimum absolute atomic E-state index is 0.0141. The lowest BCUT2D eigenvalue weighted by molar-refractivity contribution is 0.0584. The normalized spacial score (nSPS) is 25.0. The molecular formula is C32H45FN8O3. The number of piperidine rings is 1. The molecule has 2 spiro atoms. The van der Waals surface area contributed by atoms with E-state index in [0.29, 0.717) is 18.3 Å². The minimum atomic E-state index is -0.503. The zero-order valence-electron chi connectivity index (χ0n) is 26.4. The van der Waals surface area contributed by atoms with Gasteiger partial charge in [0, 0.05) is 51.2 Å². The first-order chi connectivity index (χ1) is 21.1. The Balaban J connectivity index is 1.04. The summed E-state index contributed by atoms with van der Waals surface area (Å²) in [6, 6.07) is 3.99. The van der Waals surface area contributed by atoms with Crippen LogP contribution in [0, 0.1) is 17.2 Å². The molecule has 3 amide bonds. The predicted molar refractivity (Wildman–Crippen MR) is 164 cm³/mol. The molecule has 0 radical (unpaired) electrons. The molecule has 6 rings (SSSR count). The van der Waals surface area contributed by atoms with Gasteiger partial charge >= 0.3 is 6.03 Å². The molecule has 12 heteroatoms. The zero-order chi connectivity index (χ0) is 31.1. The van der Waals surface area contributed by atoms with Crippen LogP contribution in [0.1, 0.15) is 69.7 Å². The Hall–Kier alpha value is -3.54. The van der Waals surface area contributed by atoms with Crippen LogP contribution in [-0.2, 0) is 0 Å². The molecule has 4 heterocycles. The van der Waals surface area contributed by atoms with Gasteiger partial charge in [0.2, 0.25) is 0 Å². The average Bonchev–Trinajstić information content (AvgIpc) is 3.27. The van der Waals surface area contributed by atoms with Crippen LogP contribution < -0.4 is 15.0 Å². The van der Waals surface area contributed by atoms with Crippen molar-refractivity contribution >= 4 is 17.8 Å². The molecule has 238 valence electrons. The van der Waals surface area contributed by atoms with E-state index >= 15 is 0 Å². The van der Waals surface area contributed by atoms with E-state index in [1.54, 1.807) is 4.90 Å². The summed E-state index contributed by atoms with van der Waals surface area (Å²) in [6.07, 6.45) is 8.15. The highest BCUT2D eigenvalue weighted by molar-refractivity contribution is 5.97. The molecule has 3 aliphatic heterocycles. The molecule has 4 aliphatic rings. The molecule has 44 heavy (non-hydrogen) atoms. The van der Waals surface area contributed by atoms with Crippen molar-refractivity contribution in [1.82, 2.24) is 35.2 Å². The van der Waals surface area contributed by atoms with Crippen LogP contribution in [0.4, 0.5) is 15.0 Å². The van der Waals surface area contributed by atoms with Gasteiger partial charge in [0.25, 0.3) is 11.8 Å². The van der Waals surface area contributed by atoms with E-state index in [4.69, 9.17) is 4.74 Å². The Labute approximate surface area is 259 Å². The summed E-state index contributed by atoms with van der Waals surface area (Å²) >= 11 is 0. The number of aromatic nitrogens is 3. The van der Waals surface area contributed by atoms with Gasteiger partial charge in [-0.2, -0.15) is 0 Å². The standard InChI is InChI=1S/C32H45FN8O3/c1-5-41(22(2)3)29(42)25-16-24(33)6-7-26(25)44-28-27(34-21-35-37-28)40-18-31(19-40)12-14-39(15-13-31)17-23-8-10-32(11-9-23)20-38(4)30(43)36-32/h6-7,16,21-23H,5,8-15,17-20H2,1-4H3,(H,36,43).